The number of benzene rings is 2. The molecule has 4 aromatic rings. The van der Waals surface area contributed by atoms with Crippen LogP contribution >= 0.6 is 11.6 Å². The third kappa shape index (κ3) is 7.38. The Morgan fingerprint density at radius 1 is 1.09 bits per heavy atom. The van der Waals surface area contributed by atoms with E-state index in [0.29, 0.717) is 16.8 Å². The van der Waals surface area contributed by atoms with Crippen molar-refractivity contribution in [2.24, 2.45) is 16.4 Å². The second-order valence-corrected chi connectivity index (χ2v) is 18.1. The van der Waals surface area contributed by atoms with Crippen LogP contribution in [0.15, 0.2) is 100 Å². The van der Waals surface area contributed by atoms with E-state index in [2.05, 4.69) is 41.7 Å². The molecule has 0 radical (unpaired) electrons. The molecule has 2 aliphatic heterocycles. The lowest BCUT2D eigenvalue weighted by atomic mass is 9.59. The lowest BCUT2D eigenvalue weighted by Crippen LogP contribution is -2.47. The molecule has 1 amide bonds. The number of sulfonamides is 1. The van der Waals surface area contributed by atoms with Crippen LogP contribution in [0.2, 0.25) is 5.02 Å². The van der Waals surface area contributed by atoms with Crippen molar-refractivity contribution >= 4 is 56.0 Å². The number of carbonyl (C=O) groups excluding carboxylic acids is 1. The number of nitrogens with one attached hydrogen (secondary N) is 2. The molecule has 0 bridgehead atoms. The van der Waals surface area contributed by atoms with Gasteiger partial charge >= 0.3 is 0 Å². The molecule has 14 nitrogen and oxygen atoms in total. The minimum absolute atomic E-state index is 0.0294. The van der Waals surface area contributed by atoms with Crippen molar-refractivity contribution in [3.63, 3.8) is 0 Å². The number of pyridine rings is 1. The predicted octanol–water partition coefficient (Wildman–Crippen LogP) is 6.97. The summed E-state index contributed by atoms with van der Waals surface area (Å²) in [5.74, 6) is -1.11. The Kier molecular flexibility index (Phi) is 9.85. The average Bonchev–Trinajstić information content (AvgIpc) is 3.83. The molecule has 16 heteroatoms. The summed E-state index contributed by atoms with van der Waals surface area (Å²) < 4.78 is 35.7. The van der Waals surface area contributed by atoms with Gasteiger partial charge in [0.1, 0.15) is 23.2 Å². The summed E-state index contributed by atoms with van der Waals surface area (Å²) in [7, 11) is -2.96. The van der Waals surface area contributed by atoms with Gasteiger partial charge in [-0.15, -0.1) is 0 Å². The first kappa shape index (κ1) is 38.0. The van der Waals surface area contributed by atoms with Gasteiger partial charge in [-0.25, -0.2) is 18.1 Å². The normalized spacial score (nSPS) is 21.8. The van der Waals surface area contributed by atoms with Crippen LogP contribution in [-0.2, 0) is 10.0 Å². The summed E-state index contributed by atoms with van der Waals surface area (Å²) in [4.78, 5) is 37.0. The number of halogens is 1. The molecule has 2 N–H and O–H groups in total. The van der Waals surface area contributed by atoms with E-state index in [4.69, 9.17) is 16.3 Å². The zero-order valence-corrected chi connectivity index (χ0v) is 33.5. The molecule has 2 unspecified atom stereocenters. The molecule has 4 heterocycles. The van der Waals surface area contributed by atoms with Gasteiger partial charge in [-0.1, -0.05) is 41.8 Å². The van der Waals surface area contributed by atoms with Crippen LogP contribution in [0.4, 0.5) is 5.69 Å². The number of piperazine rings is 1. The Bertz CT molecular complexity index is 2540. The fourth-order valence-electron chi connectivity index (χ4n) is 9.05. The van der Waals surface area contributed by atoms with Crippen molar-refractivity contribution in [1.29, 1.82) is 0 Å². The molecule has 2 fully saturated rings. The third-order valence-electron chi connectivity index (χ3n) is 12.4. The third-order valence-corrected chi connectivity index (χ3v) is 14.0. The molecule has 5 aliphatic rings. The number of fused-ring (bicyclic) bond motifs is 2. The number of aromatic nitrogens is 2. The highest BCUT2D eigenvalue weighted by Crippen LogP contribution is 2.55. The first-order valence-corrected chi connectivity index (χ1v) is 21.4. The number of likely N-dealkylation sites (N-methyl/N-ethyl adjacent to an activating group) is 1. The quantitative estimate of drug-likeness (QED) is 0.126. The molecule has 2 aromatic heterocycles. The van der Waals surface area contributed by atoms with Gasteiger partial charge in [0.25, 0.3) is 21.6 Å². The van der Waals surface area contributed by atoms with E-state index in [0.717, 1.165) is 67.7 Å². The maximum Gasteiger partial charge on any atom is 0.272 e. The molecule has 58 heavy (non-hydrogen) atoms. The molecule has 1 saturated heterocycles. The van der Waals surface area contributed by atoms with Gasteiger partial charge in [-0.3, -0.25) is 24.8 Å². The van der Waals surface area contributed by atoms with Crippen molar-refractivity contribution in [2.45, 2.75) is 44.6 Å². The van der Waals surface area contributed by atoms with Crippen LogP contribution in [0.25, 0.3) is 16.6 Å². The lowest BCUT2D eigenvalue weighted by Gasteiger charge is -2.47. The van der Waals surface area contributed by atoms with Gasteiger partial charge in [0, 0.05) is 86.3 Å². The number of hydrogen-bond donors (Lipinski definition) is 2. The Balaban J connectivity index is 0.949. The number of allylic oxidation sites excluding steroid dienone is 2. The van der Waals surface area contributed by atoms with Crippen molar-refractivity contribution < 1.29 is 22.9 Å². The smallest absolute Gasteiger partial charge is 0.272 e. The molecule has 2 aromatic carbocycles. The minimum atomic E-state index is -4.54. The molecule has 2 atom stereocenters. The van der Waals surface area contributed by atoms with Crippen LogP contribution in [0.1, 0.15) is 54.4 Å². The van der Waals surface area contributed by atoms with Gasteiger partial charge in [0.2, 0.25) is 0 Å². The molecular formula is C42H43ClN8O6S. The predicted molar refractivity (Wildman–Crippen MR) is 223 cm³/mol. The van der Waals surface area contributed by atoms with Crippen molar-refractivity contribution in [1.82, 2.24) is 24.6 Å². The highest BCUT2D eigenvalue weighted by Gasteiger charge is 2.43. The zero-order chi connectivity index (χ0) is 40.2. The molecule has 3 aliphatic carbocycles. The number of H-pyrrole nitrogens is 1. The first-order valence-electron chi connectivity index (χ1n) is 19.5. The van der Waals surface area contributed by atoms with E-state index in [-0.39, 0.29) is 21.9 Å². The van der Waals surface area contributed by atoms with Crippen molar-refractivity contribution in [3.05, 3.63) is 122 Å². The van der Waals surface area contributed by atoms with Gasteiger partial charge < -0.3 is 14.6 Å². The van der Waals surface area contributed by atoms with E-state index in [1.54, 1.807) is 37.5 Å². The second-order valence-electron chi connectivity index (χ2n) is 15.9. The maximum atomic E-state index is 13.9. The van der Waals surface area contributed by atoms with Crippen LogP contribution in [0.3, 0.4) is 0 Å². The number of carbonyl (C=O) groups is 1. The van der Waals surface area contributed by atoms with Crippen LogP contribution < -0.4 is 14.4 Å². The fraction of sp³-hybridized carbons (Fsp3) is 0.357. The Hall–Kier alpha value is -5.51. The van der Waals surface area contributed by atoms with Crippen molar-refractivity contribution in [3.8, 4) is 11.5 Å². The summed E-state index contributed by atoms with van der Waals surface area (Å²) in [5.41, 5.74) is 5.84. The first-order chi connectivity index (χ1) is 27.9. The van der Waals surface area contributed by atoms with Gasteiger partial charge in [-0.05, 0) is 85.1 Å². The average molecular weight is 823 g/mol. The maximum absolute atomic E-state index is 13.9. The SMILES string of the molecule is CN1N=CC2C=C(S(=O)(=O)NC(=O)c3ccc(N4CCN(CC5=C(c6ccc(Cl)cc6)CC6(CCC6)CC5)CC4)cc3Oc3cnc4[nH]ccc4c3)C=C([N+](=O)[O-])C21. The number of nitrogens with zero attached hydrogens (tertiary/aromatic N) is 6. The second kappa shape index (κ2) is 15.0. The lowest BCUT2D eigenvalue weighted by molar-refractivity contribution is -0.433. The topological polar surface area (TPSA) is 166 Å². The summed E-state index contributed by atoms with van der Waals surface area (Å²) >= 11 is 6.27. The monoisotopic (exact) mass is 822 g/mol. The van der Waals surface area contributed by atoms with Crippen LogP contribution in [-0.4, -0.2) is 91.2 Å². The number of amides is 1. The van der Waals surface area contributed by atoms with E-state index in [1.807, 2.05) is 18.2 Å². The largest absolute Gasteiger partial charge is 0.455 e. The Labute approximate surface area is 341 Å². The molecule has 1 spiro atoms. The molecule has 9 rings (SSSR count). The van der Waals surface area contributed by atoms with E-state index in [9.17, 15) is 23.3 Å². The van der Waals surface area contributed by atoms with Gasteiger partial charge in [0.15, 0.2) is 0 Å². The zero-order valence-electron chi connectivity index (χ0n) is 31.9. The van der Waals surface area contributed by atoms with Gasteiger partial charge in [0.05, 0.1) is 21.6 Å². The number of nitro groups is 1. The van der Waals surface area contributed by atoms with Crippen LogP contribution in [0.5, 0.6) is 11.5 Å². The minimum Gasteiger partial charge on any atom is -0.455 e. The Morgan fingerprint density at radius 2 is 1.88 bits per heavy atom. The van der Waals surface area contributed by atoms with Crippen molar-refractivity contribution in [2.75, 3.05) is 44.7 Å². The van der Waals surface area contributed by atoms with Crippen LogP contribution in [0, 0.1) is 21.4 Å². The number of hydrazone groups is 1. The van der Waals surface area contributed by atoms with E-state index in [1.165, 1.54) is 65.9 Å². The number of ether oxygens (including phenoxy) is 1. The molecule has 1 saturated carbocycles. The number of rotatable bonds is 10. The molecular weight excluding hydrogens is 780 g/mol. The van der Waals surface area contributed by atoms with E-state index >= 15 is 0 Å². The number of hydrogen-bond acceptors (Lipinski definition) is 11. The summed E-state index contributed by atoms with van der Waals surface area (Å²) in [6, 6.07) is 16.3. The summed E-state index contributed by atoms with van der Waals surface area (Å²) in [5, 5.41) is 19.0. The summed E-state index contributed by atoms with van der Waals surface area (Å²) in [6.45, 7) is 4.07. The van der Waals surface area contributed by atoms with E-state index < -0.39 is 32.8 Å². The number of anilines is 1. The summed E-state index contributed by atoms with van der Waals surface area (Å²) in [6.07, 6.45) is 14.5. The van der Waals surface area contributed by atoms with Gasteiger partial charge in [-0.2, -0.15) is 5.10 Å². The highest BCUT2D eigenvalue weighted by molar-refractivity contribution is 7.94. The molecule has 300 valence electrons. The Morgan fingerprint density at radius 3 is 2.62 bits per heavy atom. The fourth-order valence-corrected chi connectivity index (χ4v) is 10.3. The number of aromatic amines is 1. The standard InChI is InChI=1S/C42H43ClN8O6S/c1-48-39-30(24-46-48)20-34(22-37(39)51(53)54)58(55,56)47-41(52)35-8-7-32(21-38(35)57-33-19-28-10-14-44-40(28)45-25-33)50-17-15-49(16-18-50)26-29-9-13-42(11-2-12-42)23-36(29)27-3-5-31(43)6-4-27/h3-8,10,14,19-22,24-25,30,39H,2,9,11-13,15-18,23,26H2,1H3,(H,44,45)(H,47,52). The highest BCUT2D eigenvalue weighted by atomic mass is 35.5.